The molecule has 4 atom stereocenters. The first kappa shape index (κ1) is 12.3. The standard InChI is InChI=1S/C12H21N5/c1-17-12-6-7(11(15)16)2-3-8(12)4-9(13)5-10(12)14/h4,7,9-10H,1-3,5-6,13-14H2,(H3,15,16)/t7-,9?,10-,12+/m1/s1. The summed E-state index contributed by atoms with van der Waals surface area (Å²) in [5.41, 5.74) is 18.5. The van der Waals surface area contributed by atoms with Crippen LogP contribution in [-0.2, 0) is 0 Å². The van der Waals surface area contributed by atoms with Crippen LogP contribution in [0.3, 0.4) is 0 Å². The third-order valence-corrected chi connectivity index (χ3v) is 4.15. The Morgan fingerprint density at radius 1 is 1.53 bits per heavy atom. The normalized spacial score (nSPS) is 41.3. The van der Waals surface area contributed by atoms with E-state index < -0.39 is 5.54 Å². The second-order valence-electron chi connectivity index (χ2n) is 5.18. The van der Waals surface area contributed by atoms with Crippen molar-refractivity contribution in [3.05, 3.63) is 11.6 Å². The fourth-order valence-corrected chi connectivity index (χ4v) is 3.14. The van der Waals surface area contributed by atoms with Crippen LogP contribution in [0.5, 0.6) is 0 Å². The minimum absolute atomic E-state index is 0.0174. The summed E-state index contributed by atoms with van der Waals surface area (Å²) in [6.07, 6.45) is 5.25. The summed E-state index contributed by atoms with van der Waals surface area (Å²) >= 11 is 0. The largest absolute Gasteiger partial charge is 0.387 e. The molecule has 17 heavy (non-hydrogen) atoms. The molecule has 1 saturated carbocycles. The molecule has 0 aromatic rings. The summed E-state index contributed by atoms with van der Waals surface area (Å²) in [7, 11) is 0. The third-order valence-electron chi connectivity index (χ3n) is 4.15. The maximum atomic E-state index is 7.59. The lowest BCUT2D eigenvalue weighted by Crippen LogP contribution is -2.56. The molecule has 2 aliphatic rings. The van der Waals surface area contributed by atoms with E-state index in [1.165, 1.54) is 5.57 Å². The van der Waals surface area contributed by atoms with Gasteiger partial charge in [-0.05, 0) is 38.0 Å². The van der Waals surface area contributed by atoms with Gasteiger partial charge in [0.2, 0.25) is 0 Å². The fourth-order valence-electron chi connectivity index (χ4n) is 3.14. The fraction of sp³-hybridized carbons (Fsp3) is 0.667. The molecule has 0 radical (unpaired) electrons. The zero-order chi connectivity index (χ0) is 12.6. The average molecular weight is 235 g/mol. The number of aliphatic imine (C=N–C) groups is 1. The molecule has 0 bridgehead atoms. The number of nitrogens with one attached hydrogen (secondary N) is 1. The molecule has 0 saturated heterocycles. The van der Waals surface area contributed by atoms with Gasteiger partial charge >= 0.3 is 0 Å². The number of hydrogen-bond donors (Lipinski definition) is 4. The van der Waals surface area contributed by atoms with Crippen molar-refractivity contribution in [2.24, 2.45) is 28.1 Å². The molecule has 0 heterocycles. The van der Waals surface area contributed by atoms with Crippen molar-refractivity contribution in [1.82, 2.24) is 0 Å². The molecule has 5 nitrogen and oxygen atoms in total. The van der Waals surface area contributed by atoms with Crippen LogP contribution in [0.2, 0.25) is 0 Å². The van der Waals surface area contributed by atoms with Crippen LogP contribution in [-0.4, -0.2) is 30.2 Å². The van der Waals surface area contributed by atoms with Crippen molar-refractivity contribution in [1.29, 1.82) is 5.41 Å². The molecule has 2 rings (SSSR count). The van der Waals surface area contributed by atoms with E-state index in [0.717, 1.165) is 12.8 Å². The minimum atomic E-state index is -0.440. The van der Waals surface area contributed by atoms with Crippen LogP contribution >= 0.6 is 0 Å². The van der Waals surface area contributed by atoms with Gasteiger partial charge in [-0.3, -0.25) is 10.4 Å². The van der Waals surface area contributed by atoms with Crippen LogP contribution in [0.1, 0.15) is 25.7 Å². The molecular weight excluding hydrogens is 214 g/mol. The van der Waals surface area contributed by atoms with Crippen LogP contribution in [0.4, 0.5) is 0 Å². The molecule has 94 valence electrons. The lowest BCUT2D eigenvalue weighted by molar-refractivity contribution is 0.266. The van der Waals surface area contributed by atoms with E-state index in [-0.39, 0.29) is 23.8 Å². The Kier molecular flexibility index (Phi) is 3.05. The van der Waals surface area contributed by atoms with Crippen molar-refractivity contribution >= 4 is 12.6 Å². The molecule has 5 heteroatoms. The summed E-state index contributed by atoms with van der Waals surface area (Å²) in [4.78, 5) is 4.30. The highest BCUT2D eigenvalue weighted by Crippen LogP contribution is 2.44. The van der Waals surface area contributed by atoms with Crippen LogP contribution in [0, 0.1) is 11.3 Å². The molecule has 0 aromatic heterocycles. The van der Waals surface area contributed by atoms with E-state index in [9.17, 15) is 0 Å². The summed E-state index contributed by atoms with van der Waals surface area (Å²) in [5, 5.41) is 7.59. The van der Waals surface area contributed by atoms with E-state index in [4.69, 9.17) is 22.6 Å². The number of nitrogens with two attached hydrogens (primary N) is 3. The van der Waals surface area contributed by atoms with Gasteiger partial charge in [-0.1, -0.05) is 6.08 Å². The second-order valence-corrected chi connectivity index (χ2v) is 5.18. The zero-order valence-electron chi connectivity index (χ0n) is 10.0. The highest BCUT2D eigenvalue weighted by molar-refractivity contribution is 5.80. The first-order valence-electron chi connectivity index (χ1n) is 6.03. The maximum absolute atomic E-state index is 7.59. The van der Waals surface area contributed by atoms with Gasteiger partial charge < -0.3 is 17.2 Å². The van der Waals surface area contributed by atoms with Crippen molar-refractivity contribution in [3.63, 3.8) is 0 Å². The van der Waals surface area contributed by atoms with E-state index in [1.807, 2.05) is 0 Å². The molecular formula is C12H21N5. The average Bonchev–Trinajstić information content (AvgIpc) is 2.28. The number of rotatable bonds is 2. The maximum Gasteiger partial charge on any atom is 0.0967 e. The summed E-state index contributed by atoms with van der Waals surface area (Å²) in [6.45, 7) is 3.71. The molecule has 0 spiro atoms. The zero-order valence-corrected chi connectivity index (χ0v) is 10.0. The van der Waals surface area contributed by atoms with E-state index in [1.54, 1.807) is 0 Å². The van der Waals surface area contributed by atoms with Crippen molar-refractivity contribution in [2.45, 2.75) is 43.3 Å². The first-order valence-corrected chi connectivity index (χ1v) is 6.03. The van der Waals surface area contributed by atoms with E-state index >= 15 is 0 Å². The van der Waals surface area contributed by atoms with Gasteiger partial charge in [-0.25, -0.2) is 0 Å². The molecule has 0 aliphatic heterocycles. The van der Waals surface area contributed by atoms with Crippen molar-refractivity contribution in [3.8, 4) is 0 Å². The summed E-state index contributed by atoms with van der Waals surface area (Å²) < 4.78 is 0. The Hall–Kier alpha value is -1.20. The Morgan fingerprint density at radius 2 is 2.24 bits per heavy atom. The van der Waals surface area contributed by atoms with Gasteiger partial charge in [0.25, 0.3) is 0 Å². The van der Waals surface area contributed by atoms with Crippen LogP contribution in [0.25, 0.3) is 0 Å². The highest BCUT2D eigenvalue weighted by atomic mass is 15.0. The topological polar surface area (TPSA) is 114 Å². The predicted octanol–water partition coefficient (Wildman–Crippen LogP) is 0.147. The molecule has 1 unspecified atom stereocenters. The number of hydrogen-bond acceptors (Lipinski definition) is 4. The van der Waals surface area contributed by atoms with Gasteiger partial charge in [0, 0.05) is 18.0 Å². The molecule has 1 fully saturated rings. The summed E-state index contributed by atoms with van der Waals surface area (Å²) in [5.74, 6) is 0.298. The first-order chi connectivity index (χ1) is 7.99. The Bertz CT molecular complexity index is 375. The van der Waals surface area contributed by atoms with Gasteiger partial charge in [0.1, 0.15) is 0 Å². The highest BCUT2D eigenvalue weighted by Gasteiger charge is 2.47. The Balaban J connectivity index is 2.36. The lowest BCUT2D eigenvalue weighted by atomic mass is 9.64. The second kappa shape index (κ2) is 4.23. The number of fused-ring (bicyclic) bond motifs is 1. The van der Waals surface area contributed by atoms with Crippen LogP contribution in [0.15, 0.2) is 16.6 Å². The molecule has 7 N–H and O–H groups in total. The lowest BCUT2D eigenvalue weighted by Gasteiger charge is -2.47. The van der Waals surface area contributed by atoms with E-state index in [0.29, 0.717) is 12.8 Å². The third kappa shape index (κ3) is 1.89. The number of nitrogens with zero attached hydrogens (tertiary/aromatic N) is 1. The van der Waals surface area contributed by atoms with Crippen LogP contribution < -0.4 is 17.2 Å². The van der Waals surface area contributed by atoms with Crippen molar-refractivity contribution < 1.29 is 0 Å². The molecule has 0 aromatic carbocycles. The quantitative estimate of drug-likeness (QED) is 0.310. The smallest absolute Gasteiger partial charge is 0.0967 e. The van der Waals surface area contributed by atoms with Gasteiger partial charge in [-0.2, -0.15) is 0 Å². The van der Waals surface area contributed by atoms with Gasteiger partial charge in [0.05, 0.1) is 11.4 Å². The SMILES string of the molecule is C=N[C@@]12C[C@H](C(=N)N)CCC1=CC(N)C[C@H]2N. The Morgan fingerprint density at radius 3 is 2.82 bits per heavy atom. The minimum Gasteiger partial charge on any atom is -0.387 e. The molecule has 0 amide bonds. The predicted molar refractivity (Wildman–Crippen MR) is 70.2 cm³/mol. The van der Waals surface area contributed by atoms with E-state index in [2.05, 4.69) is 17.8 Å². The monoisotopic (exact) mass is 235 g/mol. The van der Waals surface area contributed by atoms with Crippen molar-refractivity contribution in [2.75, 3.05) is 0 Å². The number of amidine groups is 1. The van der Waals surface area contributed by atoms with Gasteiger partial charge in [0.15, 0.2) is 0 Å². The Labute approximate surface area is 102 Å². The van der Waals surface area contributed by atoms with Gasteiger partial charge in [-0.15, -0.1) is 0 Å². The summed E-state index contributed by atoms with van der Waals surface area (Å²) in [6, 6.07) is -0.0964. The molecule has 2 aliphatic carbocycles.